The van der Waals surface area contributed by atoms with Gasteiger partial charge in [-0.05, 0) is 43.2 Å². The largest absolute Gasteiger partial charge is 0.409 e. The highest BCUT2D eigenvalue weighted by atomic mass is 16.5. The van der Waals surface area contributed by atoms with Crippen LogP contribution >= 0.6 is 0 Å². The van der Waals surface area contributed by atoms with Crippen LogP contribution in [-0.2, 0) is 11.2 Å². The summed E-state index contributed by atoms with van der Waals surface area (Å²) in [6.07, 6.45) is 6.51. The average molecular weight is 274 g/mol. The number of hydrogen-bond donors (Lipinski definition) is 2. The van der Waals surface area contributed by atoms with Gasteiger partial charge in [0.05, 0.1) is 12.7 Å². The van der Waals surface area contributed by atoms with Crippen molar-refractivity contribution >= 4 is 5.84 Å². The Labute approximate surface area is 119 Å². The standard InChI is InChI=1S/C16H22N2O2/c17-15(18-19)10-16(8-9-16)11-20-14-7-3-5-12-4-1-2-6-13(12)14/h1-2,4,6,14,19H,3,5,7-11H2,(H2,17,18). The van der Waals surface area contributed by atoms with Gasteiger partial charge in [0.1, 0.15) is 5.84 Å². The van der Waals surface area contributed by atoms with E-state index in [1.807, 2.05) is 0 Å². The van der Waals surface area contributed by atoms with Gasteiger partial charge in [-0.1, -0.05) is 29.4 Å². The molecule has 1 atom stereocenters. The summed E-state index contributed by atoms with van der Waals surface area (Å²) in [4.78, 5) is 0. The number of nitrogens with zero attached hydrogens (tertiary/aromatic N) is 1. The van der Waals surface area contributed by atoms with E-state index in [2.05, 4.69) is 29.4 Å². The molecule has 1 unspecified atom stereocenters. The minimum atomic E-state index is 0.114. The van der Waals surface area contributed by atoms with Crippen LogP contribution in [0, 0.1) is 5.41 Å². The van der Waals surface area contributed by atoms with Crippen molar-refractivity contribution in [1.29, 1.82) is 0 Å². The average Bonchev–Trinajstić information content (AvgIpc) is 3.25. The Morgan fingerprint density at radius 2 is 2.20 bits per heavy atom. The molecular formula is C16H22N2O2. The summed E-state index contributed by atoms with van der Waals surface area (Å²) in [5.41, 5.74) is 8.51. The molecule has 0 bridgehead atoms. The zero-order valence-electron chi connectivity index (χ0n) is 11.7. The van der Waals surface area contributed by atoms with Gasteiger partial charge in [-0.3, -0.25) is 0 Å². The van der Waals surface area contributed by atoms with Gasteiger partial charge < -0.3 is 15.7 Å². The molecule has 108 valence electrons. The van der Waals surface area contributed by atoms with E-state index in [4.69, 9.17) is 15.7 Å². The van der Waals surface area contributed by atoms with Crippen LogP contribution < -0.4 is 5.73 Å². The third kappa shape index (κ3) is 2.80. The Morgan fingerprint density at radius 1 is 1.40 bits per heavy atom. The number of fused-ring (bicyclic) bond motifs is 1. The molecule has 0 aromatic heterocycles. The van der Waals surface area contributed by atoms with Crippen LogP contribution in [0.25, 0.3) is 0 Å². The molecule has 0 saturated heterocycles. The molecule has 1 aromatic carbocycles. The van der Waals surface area contributed by atoms with Crippen molar-refractivity contribution < 1.29 is 9.94 Å². The van der Waals surface area contributed by atoms with E-state index >= 15 is 0 Å². The summed E-state index contributed by atoms with van der Waals surface area (Å²) >= 11 is 0. The second kappa shape index (κ2) is 5.44. The number of aryl methyl sites for hydroxylation is 1. The van der Waals surface area contributed by atoms with E-state index in [1.54, 1.807) is 0 Å². The molecule has 3 rings (SSSR count). The fourth-order valence-corrected chi connectivity index (χ4v) is 3.13. The summed E-state index contributed by atoms with van der Waals surface area (Å²) in [5, 5.41) is 11.8. The maximum absolute atomic E-state index is 8.70. The molecule has 4 heteroatoms. The topological polar surface area (TPSA) is 67.8 Å². The van der Waals surface area contributed by atoms with Gasteiger partial charge in [0, 0.05) is 11.8 Å². The van der Waals surface area contributed by atoms with Gasteiger partial charge in [0.25, 0.3) is 0 Å². The predicted octanol–water partition coefficient (Wildman–Crippen LogP) is 3.00. The fourth-order valence-electron chi connectivity index (χ4n) is 3.13. The van der Waals surface area contributed by atoms with Crippen LogP contribution in [0.5, 0.6) is 0 Å². The number of amidine groups is 1. The molecule has 2 aliphatic rings. The smallest absolute Gasteiger partial charge is 0.139 e. The molecule has 1 fully saturated rings. The lowest BCUT2D eigenvalue weighted by Gasteiger charge is -2.27. The summed E-state index contributed by atoms with van der Waals surface area (Å²) in [7, 11) is 0. The Hall–Kier alpha value is -1.55. The highest BCUT2D eigenvalue weighted by Gasteiger charge is 2.44. The molecule has 2 aliphatic carbocycles. The van der Waals surface area contributed by atoms with Crippen LogP contribution in [-0.4, -0.2) is 17.6 Å². The van der Waals surface area contributed by atoms with Crippen LogP contribution in [0.2, 0.25) is 0 Å². The SMILES string of the molecule is NC(CC1(COC2CCCc3ccccc32)CC1)=NO. The highest BCUT2D eigenvalue weighted by Crippen LogP contribution is 2.50. The van der Waals surface area contributed by atoms with Crippen LogP contribution in [0.4, 0.5) is 0 Å². The zero-order chi connectivity index (χ0) is 14.0. The van der Waals surface area contributed by atoms with Gasteiger partial charge in [-0.25, -0.2) is 0 Å². The Balaban J connectivity index is 1.62. The van der Waals surface area contributed by atoms with Crippen molar-refractivity contribution in [3.63, 3.8) is 0 Å². The summed E-state index contributed by atoms with van der Waals surface area (Å²) in [6, 6.07) is 8.57. The number of rotatable bonds is 5. The lowest BCUT2D eigenvalue weighted by Crippen LogP contribution is -2.23. The van der Waals surface area contributed by atoms with Gasteiger partial charge in [-0.2, -0.15) is 0 Å². The molecule has 0 amide bonds. The van der Waals surface area contributed by atoms with Crippen molar-refractivity contribution in [3.8, 4) is 0 Å². The Morgan fingerprint density at radius 3 is 2.95 bits per heavy atom. The molecule has 1 aromatic rings. The lowest BCUT2D eigenvalue weighted by atomic mass is 9.89. The summed E-state index contributed by atoms with van der Waals surface area (Å²) < 4.78 is 6.19. The van der Waals surface area contributed by atoms with Crippen molar-refractivity contribution in [3.05, 3.63) is 35.4 Å². The first-order valence-electron chi connectivity index (χ1n) is 7.38. The summed E-state index contributed by atoms with van der Waals surface area (Å²) in [5.74, 6) is 0.315. The number of ether oxygens (including phenoxy) is 1. The van der Waals surface area contributed by atoms with E-state index in [1.165, 1.54) is 17.5 Å². The normalized spacial score (nSPS) is 24.2. The first kappa shape index (κ1) is 13.4. The summed E-state index contributed by atoms with van der Waals surface area (Å²) in [6.45, 7) is 0.711. The van der Waals surface area contributed by atoms with E-state index in [-0.39, 0.29) is 11.5 Å². The van der Waals surface area contributed by atoms with E-state index in [9.17, 15) is 0 Å². The molecule has 20 heavy (non-hydrogen) atoms. The minimum absolute atomic E-state index is 0.114. The first-order chi connectivity index (χ1) is 9.72. The molecule has 0 spiro atoms. The van der Waals surface area contributed by atoms with E-state index in [0.29, 0.717) is 18.9 Å². The number of nitrogens with two attached hydrogens (primary N) is 1. The maximum Gasteiger partial charge on any atom is 0.139 e. The maximum atomic E-state index is 8.70. The number of benzene rings is 1. The first-order valence-corrected chi connectivity index (χ1v) is 7.38. The van der Waals surface area contributed by atoms with E-state index in [0.717, 1.165) is 25.7 Å². The third-order valence-corrected chi connectivity index (χ3v) is 4.55. The number of hydrogen-bond acceptors (Lipinski definition) is 3. The van der Waals surface area contributed by atoms with Crippen molar-refractivity contribution in [2.75, 3.05) is 6.61 Å². The van der Waals surface area contributed by atoms with Crippen LogP contribution in [0.3, 0.4) is 0 Å². The monoisotopic (exact) mass is 274 g/mol. The van der Waals surface area contributed by atoms with E-state index < -0.39 is 0 Å². The molecule has 4 nitrogen and oxygen atoms in total. The van der Waals surface area contributed by atoms with Gasteiger partial charge in [-0.15, -0.1) is 0 Å². The second-order valence-electron chi connectivity index (χ2n) is 6.16. The molecule has 1 saturated carbocycles. The molecule has 0 aliphatic heterocycles. The molecule has 3 N–H and O–H groups in total. The molecular weight excluding hydrogens is 252 g/mol. The van der Waals surface area contributed by atoms with Gasteiger partial charge >= 0.3 is 0 Å². The highest BCUT2D eigenvalue weighted by molar-refractivity contribution is 5.80. The van der Waals surface area contributed by atoms with Gasteiger partial charge in [0.2, 0.25) is 0 Å². The quantitative estimate of drug-likeness (QED) is 0.375. The second-order valence-corrected chi connectivity index (χ2v) is 6.16. The Kier molecular flexibility index (Phi) is 3.66. The lowest BCUT2D eigenvalue weighted by molar-refractivity contribution is 0.0125. The van der Waals surface area contributed by atoms with Crippen LogP contribution in [0.15, 0.2) is 29.4 Å². The van der Waals surface area contributed by atoms with Crippen molar-refractivity contribution in [2.24, 2.45) is 16.3 Å². The predicted molar refractivity (Wildman–Crippen MR) is 77.8 cm³/mol. The van der Waals surface area contributed by atoms with Crippen LogP contribution in [0.1, 0.15) is 49.3 Å². The van der Waals surface area contributed by atoms with Gasteiger partial charge in [0.15, 0.2) is 0 Å². The molecule has 0 radical (unpaired) electrons. The minimum Gasteiger partial charge on any atom is -0.409 e. The fraction of sp³-hybridized carbons (Fsp3) is 0.562. The molecule has 0 heterocycles. The Bertz CT molecular complexity index is 509. The zero-order valence-corrected chi connectivity index (χ0v) is 11.7. The number of oxime groups is 1. The van der Waals surface area contributed by atoms with Crippen molar-refractivity contribution in [2.45, 2.75) is 44.6 Å². The third-order valence-electron chi connectivity index (χ3n) is 4.55. The van der Waals surface area contributed by atoms with Crippen molar-refractivity contribution in [1.82, 2.24) is 0 Å².